The zero-order chi connectivity index (χ0) is 13.8. The van der Waals surface area contributed by atoms with Crippen LogP contribution in [0.1, 0.15) is 46.0 Å². The van der Waals surface area contributed by atoms with Gasteiger partial charge in [0.1, 0.15) is 10.9 Å². The lowest BCUT2D eigenvalue weighted by atomic mass is 9.96. The molecule has 1 aliphatic heterocycles. The number of nitrogens with one attached hydrogen (secondary N) is 1. The van der Waals surface area contributed by atoms with Gasteiger partial charge in [-0.1, -0.05) is 30.9 Å². The van der Waals surface area contributed by atoms with E-state index < -0.39 is 0 Å². The summed E-state index contributed by atoms with van der Waals surface area (Å²) in [7, 11) is 0. The van der Waals surface area contributed by atoms with Crippen LogP contribution in [0, 0.1) is 0 Å². The second-order valence-electron chi connectivity index (χ2n) is 5.07. The number of halogens is 1. The fourth-order valence-corrected chi connectivity index (χ4v) is 2.87. The number of hydrogen-bond donors (Lipinski definition) is 2. The van der Waals surface area contributed by atoms with Crippen LogP contribution in [-0.2, 0) is 0 Å². The molecule has 6 heteroatoms. The van der Waals surface area contributed by atoms with E-state index in [1.807, 2.05) is 5.12 Å². The van der Waals surface area contributed by atoms with Crippen LogP contribution in [-0.4, -0.2) is 35.0 Å². The van der Waals surface area contributed by atoms with Crippen LogP contribution >= 0.6 is 11.6 Å². The van der Waals surface area contributed by atoms with Crippen molar-refractivity contribution in [2.45, 2.75) is 52.0 Å². The van der Waals surface area contributed by atoms with E-state index in [1.165, 1.54) is 19.3 Å². The van der Waals surface area contributed by atoms with Crippen molar-refractivity contribution in [2.75, 3.05) is 13.1 Å². The molecule has 3 N–H and O–H groups in total. The maximum atomic E-state index is 6.23. The summed E-state index contributed by atoms with van der Waals surface area (Å²) >= 11 is 6.23. The largest absolute Gasteiger partial charge is 0.393 e. The smallest absolute Gasteiger partial charge is 0.177 e. The molecule has 0 amide bonds. The van der Waals surface area contributed by atoms with E-state index in [0.717, 1.165) is 31.8 Å². The van der Waals surface area contributed by atoms with Gasteiger partial charge in [0.2, 0.25) is 0 Å². The normalized spacial score (nSPS) is 21.2. The molecule has 108 valence electrons. The van der Waals surface area contributed by atoms with Gasteiger partial charge in [-0.3, -0.25) is 5.43 Å². The third-order valence-corrected chi connectivity index (χ3v) is 4.16. The van der Waals surface area contributed by atoms with Gasteiger partial charge in [-0.2, -0.15) is 0 Å². The molecule has 2 aliphatic rings. The summed E-state index contributed by atoms with van der Waals surface area (Å²) < 4.78 is 0. The lowest BCUT2D eigenvalue weighted by molar-refractivity contribution is 0.113. The van der Waals surface area contributed by atoms with Crippen molar-refractivity contribution < 1.29 is 0 Å². The van der Waals surface area contributed by atoms with Crippen molar-refractivity contribution in [3.05, 3.63) is 10.9 Å². The van der Waals surface area contributed by atoms with E-state index in [4.69, 9.17) is 17.3 Å². The highest BCUT2D eigenvalue weighted by Gasteiger charge is 2.27. The quantitative estimate of drug-likeness (QED) is 0.780. The van der Waals surface area contributed by atoms with E-state index in [-0.39, 0.29) is 0 Å². The molecule has 1 aliphatic carbocycles. The van der Waals surface area contributed by atoms with Gasteiger partial charge in [0, 0.05) is 13.1 Å². The van der Waals surface area contributed by atoms with E-state index in [0.29, 0.717) is 16.9 Å². The van der Waals surface area contributed by atoms with Gasteiger partial charge < -0.3 is 10.6 Å². The second-order valence-corrected chi connectivity index (χ2v) is 5.45. The summed E-state index contributed by atoms with van der Waals surface area (Å²) in [5, 5.41) is 7.07. The van der Waals surface area contributed by atoms with Crippen LogP contribution in [0.2, 0.25) is 0 Å². The van der Waals surface area contributed by atoms with E-state index in [1.54, 1.807) is 0 Å². The summed E-state index contributed by atoms with van der Waals surface area (Å²) in [4.78, 5) is 2.13. The van der Waals surface area contributed by atoms with Crippen molar-refractivity contribution >= 4 is 17.4 Å². The number of amidine groups is 1. The number of nitrogens with two attached hydrogens (primary N) is 1. The maximum Gasteiger partial charge on any atom is 0.177 e. The molecular formula is C13H24ClN5. The average molecular weight is 286 g/mol. The second kappa shape index (κ2) is 6.37. The average Bonchev–Trinajstić information content (AvgIpc) is 2.45. The highest BCUT2D eigenvalue weighted by Crippen LogP contribution is 2.25. The summed E-state index contributed by atoms with van der Waals surface area (Å²) in [6.07, 6.45) is 6.16. The minimum atomic E-state index is 0.418. The first-order chi connectivity index (χ1) is 9.17. The molecule has 1 heterocycles. The number of hydrogen-bond acceptors (Lipinski definition) is 5. The Morgan fingerprint density at radius 3 is 2.53 bits per heavy atom. The first-order valence-corrected chi connectivity index (χ1v) is 7.60. The summed E-state index contributed by atoms with van der Waals surface area (Å²) in [6, 6.07) is 0.418. The monoisotopic (exact) mass is 285 g/mol. The van der Waals surface area contributed by atoms with Crippen molar-refractivity contribution in [3.63, 3.8) is 0 Å². The molecule has 1 fully saturated rings. The third kappa shape index (κ3) is 3.08. The molecular weight excluding hydrogens is 262 g/mol. The Hall–Kier alpha value is -1.10. The van der Waals surface area contributed by atoms with E-state index in [9.17, 15) is 0 Å². The van der Waals surface area contributed by atoms with Gasteiger partial charge in [0.15, 0.2) is 5.84 Å². The fraction of sp³-hybridized carbons (Fsp3) is 0.769. The molecule has 0 aromatic heterocycles. The number of rotatable bonds is 3. The molecule has 0 unspecified atom stereocenters. The van der Waals surface area contributed by atoms with Crippen LogP contribution in [0.4, 0.5) is 0 Å². The number of nitrogens with zero attached hydrogens (tertiary/aromatic N) is 3. The van der Waals surface area contributed by atoms with Gasteiger partial charge in [-0.05, 0) is 26.7 Å². The van der Waals surface area contributed by atoms with Crippen LogP contribution in [0.3, 0.4) is 0 Å². The standard InChI is InChI=1S/C13H24ClN5/c1-3-18(4-2)13-11(15)12(14)16-19(17-13)10-8-6-5-7-9-10/h10,16H,3-9,15H2,1-2H3. The first kappa shape index (κ1) is 14.3. The van der Waals surface area contributed by atoms with Crippen LogP contribution < -0.4 is 11.2 Å². The third-order valence-electron chi connectivity index (χ3n) is 3.88. The van der Waals surface area contributed by atoms with Crippen LogP contribution in [0.15, 0.2) is 16.0 Å². The van der Waals surface area contributed by atoms with Crippen LogP contribution in [0.5, 0.6) is 0 Å². The predicted molar refractivity (Wildman–Crippen MR) is 79.3 cm³/mol. The molecule has 19 heavy (non-hydrogen) atoms. The molecule has 0 bridgehead atoms. The SMILES string of the molecule is CCN(CC)C1=NN(C2CCCCC2)NC(Cl)=C1N. The van der Waals surface area contributed by atoms with Crippen molar-refractivity contribution in [2.24, 2.45) is 10.8 Å². The molecule has 0 spiro atoms. The highest BCUT2D eigenvalue weighted by molar-refractivity contribution is 6.31. The molecule has 2 rings (SSSR count). The summed E-state index contributed by atoms with van der Waals surface area (Å²) in [5.74, 6) is 0.791. The molecule has 0 saturated heterocycles. The van der Waals surface area contributed by atoms with E-state index in [2.05, 4.69) is 29.3 Å². The number of hydrazone groups is 1. The lowest BCUT2D eigenvalue weighted by Crippen LogP contribution is -2.49. The Kier molecular flexibility index (Phi) is 4.80. The topological polar surface area (TPSA) is 56.9 Å². The first-order valence-electron chi connectivity index (χ1n) is 7.22. The minimum Gasteiger partial charge on any atom is -0.393 e. The van der Waals surface area contributed by atoms with Gasteiger partial charge in [-0.15, -0.1) is 5.10 Å². The minimum absolute atomic E-state index is 0.418. The van der Waals surface area contributed by atoms with Crippen molar-refractivity contribution in [3.8, 4) is 0 Å². The Morgan fingerprint density at radius 2 is 1.95 bits per heavy atom. The predicted octanol–water partition coefficient (Wildman–Crippen LogP) is 2.16. The lowest BCUT2D eigenvalue weighted by Gasteiger charge is -2.37. The van der Waals surface area contributed by atoms with Gasteiger partial charge in [0.05, 0.1) is 6.04 Å². The zero-order valence-electron chi connectivity index (χ0n) is 11.8. The molecule has 0 atom stereocenters. The molecule has 0 radical (unpaired) electrons. The Balaban J connectivity index is 2.19. The number of hydrazine groups is 1. The molecule has 0 aromatic rings. The summed E-state index contributed by atoms with van der Waals surface area (Å²) in [6.45, 7) is 5.94. The molecule has 0 aromatic carbocycles. The van der Waals surface area contributed by atoms with Crippen LogP contribution in [0.25, 0.3) is 0 Å². The molecule has 5 nitrogen and oxygen atoms in total. The highest BCUT2D eigenvalue weighted by atomic mass is 35.5. The van der Waals surface area contributed by atoms with Gasteiger partial charge in [0.25, 0.3) is 0 Å². The van der Waals surface area contributed by atoms with E-state index >= 15 is 0 Å². The Morgan fingerprint density at radius 1 is 1.32 bits per heavy atom. The Labute approximate surface area is 120 Å². The summed E-state index contributed by atoms with van der Waals surface area (Å²) in [5.41, 5.74) is 9.70. The maximum absolute atomic E-state index is 6.23. The number of likely N-dealkylation sites (N-methyl/N-ethyl adjacent to an activating group) is 1. The molecule has 1 saturated carbocycles. The van der Waals surface area contributed by atoms with Gasteiger partial charge in [-0.25, -0.2) is 5.12 Å². The van der Waals surface area contributed by atoms with Crippen molar-refractivity contribution in [1.29, 1.82) is 0 Å². The zero-order valence-corrected chi connectivity index (χ0v) is 12.6. The van der Waals surface area contributed by atoms with Gasteiger partial charge >= 0.3 is 0 Å². The fourth-order valence-electron chi connectivity index (χ4n) is 2.70. The van der Waals surface area contributed by atoms with Crippen molar-refractivity contribution in [1.82, 2.24) is 15.4 Å². The Bertz CT molecular complexity index is 369.